The molecule has 0 atom stereocenters. The van der Waals surface area contributed by atoms with Crippen molar-refractivity contribution in [3.05, 3.63) is 16.7 Å². The van der Waals surface area contributed by atoms with Gasteiger partial charge in [-0.3, -0.25) is 9.24 Å². The molecule has 0 radical (unpaired) electrons. The molecule has 1 N–H and O–H groups in total. The maximum atomic E-state index is 11.6. The van der Waals surface area contributed by atoms with E-state index in [1.165, 1.54) is 22.8 Å². The van der Waals surface area contributed by atoms with Crippen LogP contribution >= 0.6 is 22.9 Å². The minimum absolute atomic E-state index is 0.0774. The molecule has 9 heteroatoms. The van der Waals surface area contributed by atoms with Crippen molar-refractivity contribution in [2.24, 2.45) is 0 Å². The maximum Gasteiger partial charge on any atom is 0.281 e. The number of imidazole rings is 1. The van der Waals surface area contributed by atoms with E-state index in [0.717, 1.165) is 0 Å². The summed E-state index contributed by atoms with van der Waals surface area (Å²) in [5, 5.41) is 1.51. The lowest BCUT2D eigenvalue weighted by molar-refractivity contribution is 0.153. The molecule has 2 aromatic rings. The predicted molar refractivity (Wildman–Crippen MR) is 55.4 cm³/mol. The smallest absolute Gasteiger partial charge is 0.281 e. The number of nitrogens with zero attached hydrogens (tertiary/aromatic N) is 2. The first-order chi connectivity index (χ1) is 7.06. The quantitative estimate of drug-likeness (QED) is 0.839. The van der Waals surface area contributed by atoms with Gasteiger partial charge in [0.1, 0.15) is 0 Å². The first kappa shape index (κ1) is 10.8. The molecule has 0 aliphatic heterocycles. The summed E-state index contributed by atoms with van der Waals surface area (Å²) in [6, 6.07) is 0. The number of rotatable bonds is 3. The molecule has 0 saturated heterocycles. The fourth-order valence-corrected chi connectivity index (χ4v) is 3.40. The summed E-state index contributed by atoms with van der Waals surface area (Å²) in [5.41, 5.74) is 0. The Morgan fingerprint density at radius 1 is 1.67 bits per heavy atom. The minimum Gasteiger partial charge on any atom is -0.290 e. The van der Waals surface area contributed by atoms with E-state index in [4.69, 9.17) is 11.6 Å². The highest BCUT2D eigenvalue weighted by Crippen LogP contribution is 2.24. The molecule has 0 aromatic carbocycles. The van der Waals surface area contributed by atoms with Crippen molar-refractivity contribution in [3.8, 4) is 0 Å². The van der Waals surface area contributed by atoms with Gasteiger partial charge in [0.2, 0.25) is 0 Å². The van der Waals surface area contributed by atoms with E-state index in [1.54, 1.807) is 11.6 Å². The Labute approximate surface area is 94.5 Å². The maximum absolute atomic E-state index is 11.6. The van der Waals surface area contributed by atoms with Crippen LogP contribution in [0.3, 0.4) is 0 Å². The van der Waals surface area contributed by atoms with Crippen molar-refractivity contribution in [2.45, 2.75) is 5.03 Å². The van der Waals surface area contributed by atoms with Gasteiger partial charge in [-0.1, -0.05) is 16.5 Å². The monoisotopic (exact) mass is 267 g/mol. The third kappa shape index (κ3) is 1.74. The van der Waals surface area contributed by atoms with E-state index >= 15 is 0 Å². The molecule has 15 heavy (non-hydrogen) atoms. The number of hydrogen-bond acceptors (Lipinski definition) is 5. The second kappa shape index (κ2) is 3.72. The highest BCUT2D eigenvalue weighted by atomic mass is 35.5. The molecule has 82 valence electrons. The summed E-state index contributed by atoms with van der Waals surface area (Å²) in [4.78, 5) is 10.7. The average Bonchev–Trinajstić information content (AvgIpc) is 2.61. The van der Waals surface area contributed by atoms with Crippen molar-refractivity contribution in [2.75, 3.05) is 7.11 Å². The largest absolute Gasteiger partial charge is 0.290 e. The lowest BCUT2D eigenvalue weighted by Crippen LogP contribution is -2.23. The Hall–Kier alpha value is -0.670. The fraction of sp³-hybridized carbons (Fsp3) is 0.167. The molecule has 0 spiro atoms. The molecule has 0 bridgehead atoms. The summed E-state index contributed by atoms with van der Waals surface area (Å²) in [6.45, 7) is 0. The molecule has 0 fully saturated rings. The van der Waals surface area contributed by atoms with Crippen molar-refractivity contribution in [1.82, 2.24) is 14.3 Å². The van der Waals surface area contributed by atoms with Gasteiger partial charge in [-0.2, -0.15) is 0 Å². The molecule has 0 saturated carbocycles. The van der Waals surface area contributed by atoms with Crippen LogP contribution in [0.15, 0.2) is 16.6 Å². The lowest BCUT2D eigenvalue weighted by Gasteiger charge is -2.02. The van der Waals surface area contributed by atoms with Gasteiger partial charge in [-0.05, 0) is 0 Å². The number of nitrogens with one attached hydrogen (secondary N) is 1. The summed E-state index contributed by atoms with van der Waals surface area (Å²) in [6.07, 6.45) is 1.57. The van der Waals surface area contributed by atoms with E-state index in [2.05, 4.69) is 9.82 Å². The molecular formula is C6H6ClN3O3S2. The standard InChI is InChI=1S/C6H6ClN3O3S2/c1-13-9-15(11,12)5-4(7)8-6-10(5)2-3-14-6/h2-3,9H,1H3. The second-order valence-corrected chi connectivity index (χ2v) is 5.35. The molecule has 0 unspecified atom stereocenters. The van der Waals surface area contributed by atoms with Crippen LogP contribution in [0.5, 0.6) is 0 Å². The van der Waals surface area contributed by atoms with Crippen molar-refractivity contribution < 1.29 is 13.3 Å². The van der Waals surface area contributed by atoms with Crippen LogP contribution in [0, 0.1) is 0 Å². The van der Waals surface area contributed by atoms with Crippen molar-refractivity contribution in [1.29, 1.82) is 0 Å². The molecule has 0 aliphatic carbocycles. The molecular weight excluding hydrogens is 262 g/mol. The zero-order chi connectivity index (χ0) is 11.1. The third-order valence-electron chi connectivity index (χ3n) is 1.63. The van der Waals surface area contributed by atoms with Crippen LogP contribution in [-0.2, 0) is 14.9 Å². The number of aromatic nitrogens is 2. The van der Waals surface area contributed by atoms with Crippen LogP contribution in [-0.4, -0.2) is 24.9 Å². The van der Waals surface area contributed by atoms with Gasteiger partial charge >= 0.3 is 0 Å². The van der Waals surface area contributed by atoms with Gasteiger partial charge in [0.15, 0.2) is 15.1 Å². The Balaban J connectivity index is 2.69. The van der Waals surface area contributed by atoms with E-state index in [-0.39, 0.29) is 10.2 Å². The van der Waals surface area contributed by atoms with Gasteiger partial charge in [0.25, 0.3) is 10.0 Å². The van der Waals surface area contributed by atoms with Gasteiger partial charge in [0.05, 0.1) is 7.11 Å². The van der Waals surface area contributed by atoms with Crippen molar-refractivity contribution >= 4 is 37.9 Å². The number of halogens is 1. The number of sulfonamides is 1. The molecule has 0 aliphatic rings. The Bertz CT molecular complexity index is 588. The summed E-state index contributed by atoms with van der Waals surface area (Å²) in [7, 11) is -2.59. The number of thiazole rings is 1. The van der Waals surface area contributed by atoms with Crippen LogP contribution < -0.4 is 4.89 Å². The first-order valence-electron chi connectivity index (χ1n) is 3.72. The molecule has 0 amide bonds. The Morgan fingerprint density at radius 3 is 3.07 bits per heavy atom. The van der Waals surface area contributed by atoms with Crippen molar-refractivity contribution in [3.63, 3.8) is 0 Å². The summed E-state index contributed by atoms with van der Waals surface area (Å²) < 4.78 is 24.7. The van der Waals surface area contributed by atoms with Gasteiger partial charge in [-0.15, -0.1) is 11.3 Å². The highest BCUT2D eigenvalue weighted by Gasteiger charge is 2.24. The van der Waals surface area contributed by atoms with Gasteiger partial charge < -0.3 is 0 Å². The number of fused-ring (bicyclic) bond motifs is 1. The summed E-state index contributed by atoms with van der Waals surface area (Å²) in [5.74, 6) is 0. The zero-order valence-corrected chi connectivity index (χ0v) is 9.86. The molecule has 2 aromatic heterocycles. The normalized spacial score (nSPS) is 12.4. The third-order valence-corrected chi connectivity index (χ3v) is 4.04. The highest BCUT2D eigenvalue weighted by molar-refractivity contribution is 7.89. The molecule has 2 heterocycles. The van der Waals surface area contributed by atoms with E-state index in [9.17, 15) is 8.42 Å². The van der Waals surface area contributed by atoms with Crippen LogP contribution in [0.2, 0.25) is 5.15 Å². The first-order valence-corrected chi connectivity index (χ1v) is 6.46. The minimum atomic E-state index is -3.79. The fourth-order valence-electron chi connectivity index (χ4n) is 1.13. The second-order valence-electron chi connectivity index (χ2n) is 2.55. The van der Waals surface area contributed by atoms with Gasteiger partial charge in [0, 0.05) is 11.6 Å². The van der Waals surface area contributed by atoms with E-state index in [1.807, 2.05) is 4.89 Å². The number of hydrogen-bond donors (Lipinski definition) is 1. The Kier molecular flexibility index (Phi) is 2.69. The SMILES string of the molecule is CONS(=O)(=O)c1c(Cl)nc2sccn12. The summed E-state index contributed by atoms with van der Waals surface area (Å²) >= 11 is 7.02. The lowest BCUT2D eigenvalue weighted by atomic mass is 10.9. The molecule has 6 nitrogen and oxygen atoms in total. The Morgan fingerprint density at radius 2 is 2.40 bits per heavy atom. The van der Waals surface area contributed by atoms with Gasteiger partial charge in [-0.25, -0.2) is 13.4 Å². The molecule has 2 rings (SSSR count). The van der Waals surface area contributed by atoms with Crippen LogP contribution in [0.4, 0.5) is 0 Å². The van der Waals surface area contributed by atoms with E-state index < -0.39 is 10.0 Å². The van der Waals surface area contributed by atoms with Crippen LogP contribution in [0.25, 0.3) is 4.96 Å². The zero-order valence-electron chi connectivity index (χ0n) is 7.47. The van der Waals surface area contributed by atoms with E-state index in [0.29, 0.717) is 4.96 Å². The topological polar surface area (TPSA) is 72.7 Å². The predicted octanol–water partition coefficient (Wildman–Crippen LogP) is 0.889. The average molecular weight is 268 g/mol. The van der Waals surface area contributed by atoms with Crippen LogP contribution in [0.1, 0.15) is 0 Å².